The molecule has 1 N–H and O–H groups in total. The fourth-order valence-electron chi connectivity index (χ4n) is 2.01. The van der Waals surface area contributed by atoms with Crippen LogP contribution in [0.4, 0.5) is 0 Å². The van der Waals surface area contributed by atoms with Crippen LogP contribution in [-0.2, 0) is 14.8 Å². The van der Waals surface area contributed by atoms with Crippen LogP contribution >= 0.6 is 0 Å². The average Bonchev–Trinajstić information content (AvgIpc) is 2.77. The van der Waals surface area contributed by atoms with E-state index < -0.39 is 15.9 Å². The number of carbonyl (C=O) groups is 1. The normalized spacial score (nSPS) is 14.2. The van der Waals surface area contributed by atoms with Crippen molar-refractivity contribution in [2.45, 2.75) is 11.3 Å². The van der Waals surface area contributed by atoms with Gasteiger partial charge in [0.25, 0.3) is 0 Å². The van der Waals surface area contributed by atoms with Crippen LogP contribution in [0.15, 0.2) is 35.7 Å². The topological polar surface area (TPSA) is 84.9 Å². The number of nitrogens with zero attached hydrogens (tertiary/aromatic N) is 1. The smallest absolute Gasteiger partial charge is 0.243 e. The highest BCUT2D eigenvalue weighted by Gasteiger charge is 2.24. The fraction of sp³-hybridized carbons (Fsp3) is 0.400. The molecular weight excluding hydrogens is 320 g/mol. The highest BCUT2D eigenvalue weighted by Crippen LogP contribution is 2.32. The lowest BCUT2D eigenvalue weighted by Gasteiger charge is -2.17. The lowest BCUT2D eigenvalue weighted by atomic mass is 10.3. The van der Waals surface area contributed by atoms with E-state index in [1.807, 2.05) is 0 Å². The quantitative estimate of drug-likeness (QED) is 0.773. The maximum absolute atomic E-state index is 12.5. The molecule has 0 saturated carbocycles. The molecule has 2 rings (SSSR count). The van der Waals surface area contributed by atoms with Crippen molar-refractivity contribution in [1.82, 2.24) is 9.62 Å². The Hall–Kier alpha value is -2.06. The van der Waals surface area contributed by atoms with Gasteiger partial charge in [0.2, 0.25) is 15.9 Å². The number of nitrogens with one attached hydrogen (secondary N) is 1. The first-order valence-electron chi connectivity index (χ1n) is 7.18. The molecule has 0 fully saturated rings. The van der Waals surface area contributed by atoms with Gasteiger partial charge in [-0.05, 0) is 12.1 Å². The second-order valence-corrected chi connectivity index (χ2v) is 7.06. The first-order valence-corrected chi connectivity index (χ1v) is 8.62. The summed E-state index contributed by atoms with van der Waals surface area (Å²) in [6.45, 7) is 4.50. The molecule has 23 heavy (non-hydrogen) atoms. The Kier molecular flexibility index (Phi) is 5.62. The van der Waals surface area contributed by atoms with Crippen molar-refractivity contribution in [3.63, 3.8) is 0 Å². The van der Waals surface area contributed by atoms with Crippen LogP contribution in [0.5, 0.6) is 11.5 Å². The molecule has 1 aromatic carbocycles. The van der Waals surface area contributed by atoms with E-state index in [9.17, 15) is 13.2 Å². The van der Waals surface area contributed by atoms with E-state index in [2.05, 4.69) is 11.9 Å². The minimum absolute atomic E-state index is 0.0563. The van der Waals surface area contributed by atoms with E-state index in [0.29, 0.717) is 24.7 Å². The van der Waals surface area contributed by atoms with Crippen molar-refractivity contribution in [3.8, 4) is 11.5 Å². The molecule has 0 bridgehead atoms. The molecule has 1 aliphatic heterocycles. The van der Waals surface area contributed by atoms with Crippen LogP contribution in [0.3, 0.4) is 0 Å². The molecule has 126 valence electrons. The van der Waals surface area contributed by atoms with Crippen molar-refractivity contribution in [1.29, 1.82) is 0 Å². The monoisotopic (exact) mass is 340 g/mol. The summed E-state index contributed by atoms with van der Waals surface area (Å²) in [6, 6.07) is 4.44. The third kappa shape index (κ3) is 4.23. The molecule has 7 nitrogen and oxygen atoms in total. The van der Waals surface area contributed by atoms with Gasteiger partial charge in [-0.1, -0.05) is 6.08 Å². The van der Waals surface area contributed by atoms with Crippen LogP contribution in [0.25, 0.3) is 0 Å². The summed E-state index contributed by atoms with van der Waals surface area (Å²) < 4.78 is 37.1. The number of hydrogen-bond acceptors (Lipinski definition) is 5. The van der Waals surface area contributed by atoms with Gasteiger partial charge in [-0.15, -0.1) is 6.58 Å². The van der Waals surface area contributed by atoms with Crippen LogP contribution in [0.1, 0.15) is 6.42 Å². The summed E-state index contributed by atoms with van der Waals surface area (Å²) in [5.74, 6) is 0.520. The maximum Gasteiger partial charge on any atom is 0.243 e. The van der Waals surface area contributed by atoms with Crippen LogP contribution < -0.4 is 14.8 Å². The molecule has 0 spiro atoms. The second-order valence-electron chi connectivity index (χ2n) is 5.01. The van der Waals surface area contributed by atoms with E-state index in [4.69, 9.17) is 9.47 Å². The molecular formula is C15H20N2O5S. The zero-order valence-electron chi connectivity index (χ0n) is 12.9. The fourth-order valence-corrected chi connectivity index (χ4v) is 3.16. The summed E-state index contributed by atoms with van der Waals surface area (Å²) in [5, 5.41) is 2.54. The van der Waals surface area contributed by atoms with Gasteiger partial charge in [0.1, 0.15) is 0 Å². The molecule has 1 amide bonds. The van der Waals surface area contributed by atoms with Gasteiger partial charge >= 0.3 is 0 Å². The summed E-state index contributed by atoms with van der Waals surface area (Å²) in [6.07, 6.45) is 2.26. The minimum Gasteiger partial charge on any atom is -0.490 e. The lowest BCUT2D eigenvalue weighted by Crippen LogP contribution is -2.38. The first kappa shape index (κ1) is 17.3. The third-order valence-electron chi connectivity index (χ3n) is 3.24. The third-order valence-corrected chi connectivity index (χ3v) is 5.04. The Morgan fingerprint density at radius 1 is 1.35 bits per heavy atom. The SMILES string of the molecule is C=CCNC(=O)CN(C)S(=O)(=O)c1ccc2c(c1)OCCCO2. The molecule has 0 atom stereocenters. The van der Waals surface area contributed by atoms with Crippen LogP contribution in [-0.4, -0.2) is 52.0 Å². The summed E-state index contributed by atoms with van der Waals surface area (Å²) in [7, 11) is -2.44. The number of hydrogen-bond donors (Lipinski definition) is 1. The molecule has 8 heteroatoms. The van der Waals surface area contributed by atoms with Crippen molar-refractivity contribution < 1.29 is 22.7 Å². The number of fused-ring (bicyclic) bond motifs is 1. The maximum atomic E-state index is 12.5. The molecule has 0 unspecified atom stereocenters. The van der Waals surface area contributed by atoms with Crippen molar-refractivity contribution >= 4 is 15.9 Å². The second kappa shape index (κ2) is 7.47. The highest BCUT2D eigenvalue weighted by molar-refractivity contribution is 7.89. The van der Waals surface area contributed by atoms with Gasteiger partial charge in [0.15, 0.2) is 11.5 Å². The number of carbonyl (C=O) groups excluding carboxylic acids is 1. The number of rotatable bonds is 6. The van der Waals surface area contributed by atoms with Crippen LogP contribution in [0.2, 0.25) is 0 Å². The van der Waals surface area contributed by atoms with E-state index in [0.717, 1.165) is 10.7 Å². The van der Waals surface area contributed by atoms with Gasteiger partial charge in [-0.3, -0.25) is 4.79 Å². The molecule has 0 aromatic heterocycles. The summed E-state index contributed by atoms with van der Waals surface area (Å²) in [5.41, 5.74) is 0. The van der Waals surface area contributed by atoms with Gasteiger partial charge < -0.3 is 14.8 Å². The number of sulfonamides is 1. The molecule has 1 aromatic rings. The zero-order valence-corrected chi connectivity index (χ0v) is 13.8. The Labute approximate surface area is 135 Å². The number of ether oxygens (including phenoxy) is 2. The predicted molar refractivity (Wildman–Crippen MR) is 85.1 cm³/mol. The Balaban J connectivity index is 2.17. The highest BCUT2D eigenvalue weighted by atomic mass is 32.2. The molecule has 1 heterocycles. The number of likely N-dealkylation sites (N-methyl/N-ethyl adjacent to an activating group) is 1. The molecule has 0 aliphatic carbocycles. The average molecular weight is 340 g/mol. The molecule has 0 saturated heterocycles. The first-order chi connectivity index (χ1) is 10.9. The van der Waals surface area contributed by atoms with Gasteiger partial charge in [0.05, 0.1) is 24.7 Å². The van der Waals surface area contributed by atoms with Crippen molar-refractivity contribution in [3.05, 3.63) is 30.9 Å². The van der Waals surface area contributed by atoms with Gasteiger partial charge in [0, 0.05) is 26.1 Å². The molecule has 1 aliphatic rings. The number of amides is 1. The summed E-state index contributed by atoms with van der Waals surface area (Å²) >= 11 is 0. The van der Waals surface area contributed by atoms with Gasteiger partial charge in [-0.25, -0.2) is 8.42 Å². The van der Waals surface area contributed by atoms with Crippen molar-refractivity contribution in [2.24, 2.45) is 0 Å². The Bertz CT molecular complexity index is 687. The van der Waals surface area contributed by atoms with Crippen LogP contribution in [0, 0.1) is 0 Å². The number of benzene rings is 1. The van der Waals surface area contributed by atoms with E-state index in [1.54, 1.807) is 6.07 Å². The Morgan fingerprint density at radius 3 is 2.74 bits per heavy atom. The standard InChI is InChI=1S/C15H20N2O5S/c1-3-7-16-15(18)11-17(2)23(19,20)12-5-6-13-14(10-12)22-9-4-8-21-13/h3,5-6,10H,1,4,7-9,11H2,2H3,(H,16,18). The lowest BCUT2D eigenvalue weighted by molar-refractivity contribution is -0.120. The predicted octanol–water partition coefficient (Wildman–Crippen LogP) is 0.771. The Morgan fingerprint density at radius 2 is 2.04 bits per heavy atom. The minimum atomic E-state index is -3.79. The molecule has 0 radical (unpaired) electrons. The van der Waals surface area contributed by atoms with Crippen molar-refractivity contribution in [2.75, 3.05) is 33.4 Å². The largest absolute Gasteiger partial charge is 0.490 e. The zero-order chi connectivity index (χ0) is 16.9. The van der Waals surface area contributed by atoms with E-state index >= 15 is 0 Å². The van der Waals surface area contributed by atoms with E-state index in [-0.39, 0.29) is 18.0 Å². The summed E-state index contributed by atoms with van der Waals surface area (Å²) in [4.78, 5) is 11.7. The van der Waals surface area contributed by atoms with Gasteiger partial charge in [-0.2, -0.15) is 4.31 Å². The van der Waals surface area contributed by atoms with E-state index in [1.165, 1.54) is 25.3 Å².